The van der Waals surface area contributed by atoms with Gasteiger partial charge in [0.05, 0.1) is 12.7 Å². The van der Waals surface area contributed by atoms with Gasteiger partial charge in [-0.3, -0.25) is 4.79 Å². The highest BCUT2D eigenvalue weighted by Gasteiger charge is 2.43. The van der Waals surface area contributed by atoms with Crippen molar-refractivity contribution in [2.45, 2.75) is 51.2 Å². The van der Waals surface area contributed by atoms with Crippen LogP contribution >= 0.6 is 0 Å². The molecule has 2 amide bonds. The van der Waals surface area contributed by atoms with Crippen molar-refractivity contribution in [3.05, 3.63) is 101 Å². The molecule has 1 aliphatic heterocycles. The van der Waals surface area contributed by atoms with E-state index in [2.05, 4.69) is 31.3 Å². The van der Waals surface area contributed by atoms with E-state index in [9.17, 15) is 14.7 Å². The number of tetrazole rings is 1. The predicted octanol–water partition coefficient (Wildman–Crippen LogP) is 4.52. The molecule has 0 radical (unpaired) electrons. The molecule has 5 rings (SSSR count). The summed E-state index contributed by atoms with van der Waals surface area (Å²) in [5, 5.41) is 32.4. The average molecular weight is 644 g/mol. The van der Waals surface area contributed by atoms with Gasteiger partial charge in [0.15, 0.2) is 0 Å². The van der Waals surface area contributed by atoms with Crippen molar-refractivity contribution in [1.82, 2.24) is 36.2 Å². The number of aryl methyl sites for hydroxylation is 1. The van der Waals surface area contributed by atoms with E-state index in [0.717, 1.165) is 11.1 Å². The van der Waals surface area contributed by atoms with Gasteiger partial charge in [0.1, 0.15) is 11.6 Å². The van der Waals surface area contributed by atoms with Gasteiger partial charge < -0.3 is 25.4 Å². The van der Waals surface area contributed by atoms with Crippen LogP contribution in [-0.2, 0) is 23.3 Å². The Labute approximate surface area is 273 Å². The van der Waals surface area contributed by atoms with Gasteiger partial charge in [-0.05, 0) is 77.9 Å². The number of methoxy groups -OCH3 is 1. The zero-order chi connectivity index (χ0) is 33.2. The summed E-state index contributed by atoms with van der Waals surface area (Å²) in [5.41, 5.74) is 2.62. The highest BCUT2D eigenvalue weighted by molar-refractivity contribution is 5.94. The number of alkyl carbamates (subject to hydrolysis) is 1. The second kappa shape index (κ2) is 15.7. The number of H-pyrrole nitrogens is 1. The Hall–Kier alpha value is -4.68. The minimum Gasteiger partial charge on any atom is -0.453 e. The number of nitrogens with one attached hydrogen (secondary N) is 3. The molecule has 1 aromatic heterocycles. The summed E-state index contributed by atoms with van der Waals surface area (Å²) >= 11 is 0. The molecule has 2 atom stereocenters. The predicted molar refractivity (Wildman–Crippen MR) is 175 cm³/mol. The maximum absolute atomic E-state index is 15.7. The highest BCUT2D eigenvalue weighted by atomic mass is 19.1. The molecule has 0 saturated carbocycles. The zero-order valence-electron chi connectivity index (χ0n) is 26.8. The Morgan fingerprint density at radius 3 is 2.68 bits per heavy atom. The average Bonchev–Trinajstić information content (AvgIpc) is 3.62. The number of hydrogen-bond acceptors (Lipinski definition) is 8. The number of aliphatic hydroxyl groups is 1. The topological polar surface area (TPSA) is 145 Å². The molecule has 3 aromatic carbocycles. The maximum atomic E-state index is 15.7. The smallest absolute Gasteiger partial charge is 0.406 e. The number of halogens is 1. The van der Waals surface area contributed by atoms with E-state index >= 15 is 4.39 Å². The van der Waals surface area contributed by atoms with E-state index in [1.807, 2.05) is 55.5 Å². The van der Waals surface area contributed by atoms with Gasteiger partial charge in [0, 0.05) is 56.2 Å². The molecule has 1 saturated heterocycles. The molecule has 4 N–H and O–H groups in total. The number of nitrogens with zero attached hydrogens (tertiary/aromatic N) is 4. The van der Waals surface area contributed by atoms with E-state index in [0.29, 0.717) is 79.9 Å². The standard InChI is InChI=1S/C35H42FN7O4/c1-24-7-3-8-27(21-24)32-29(10-4-11-30(32)36)35(46,17-6-18-38-34(45)47-2)28-9-5-20-43(23-28)33(44)26-14-12-25(13-15-26)22-37-19-16-31-39-41-42-40-31/h3-4,7-8,10-15,21,28,37,46H,5-6,9,16-20,22-23H2,1-2H3,(H,38,45)(H,39,40,41,42)/t28-,35+/m1/s1. The fraction of sp³-hybridized carbons (Fsp3) is 0.400. The molecule has 0 bridgehead atoms. The van der Waals surface area contributed by atoms with Crippen molar-refractivity contribution in [1.29, 1.82) is 0 Å². The Balaban J connectivity index is 1.34. The molecule has 12 heteroatoms. The molecular formula is C35H42FN7O4. The summed E-state index contributed by atoms with van der Waals surface area (Å²) in [6.07, 6.45) is 2.14. The van der Waals surface area contributed by atoms with Crippen LogP contribution in [0, 0.1) is 18.7 Å². The van der Waals surface area contributed by atoms with Gasteiger partial charge >= 0.3 is 6.09 Å². The monoisotopic (exact) mass is 643 g/mol. The Bertz CT molecular complexity index is 1630. The molecule has 1 fully saturated rings. The van der Waals surface area contributed by atoms with Gasteiger partial charge in [0.25, 0.3) is 5.91 Å². The minimum atomic E-state index is -1.48. The molecule has 0 aliphatic carbocycles. The lowest BCUT2D eigenvalue weighted by Crippen LogP contribution is -2.48. The third kappa shape index (κ3) is 8.38. The summed E-state index contributed by atoms with van der Waals surface area (Å²) in [6.45, 7) is 4.42. The molecular weight excluding hydrogens is 601 g/mol. The van der Waals surface area contributed by atoms with Crippen LogP contribution < -0.4 is 10.6 Å². The van der Waals surface area contributed by atoms with E-state index in [1.54, 1.807) is 17.0 Å². The van der Waals surface area contributed by atoms with Crippen LogP contribution in [0.4, 0.5) is 9.18 Å². The molecule has 47 heavy (non-hydrogen) atoms. The van der Waals surface area contributed by atoms with Gasteiger partial charge in [0.2, 0.25) is 0 Å². The Morgan fingerprint density at radius 1 is 1.13 bits per heavy atom. The lowest BCUT2D eigenvalue weighted by atomic mass is 9.72. The first kappa shape index (κ1) is 33.7. The van der Waals surface area contributed by atoms with E-state index < -0.39 is 17.5 Å². The van der Waals surface area contributed by atoms with Gasteiger partial charge in [-0.15, -0.1) is 5.10 Å². The number of piperidine rings is 1. The number of carbonyl (C=O) groups is 2. The van der Waals surface area contributed by atoms with Crippen LogP contribution in [0.25, 0.3) is 11.1 Å². The second-order valence-corrected chi connectivity index (χ2v) is 12.0. The lowest BCUT2D eigenvalue weighted by molar-refractivity contribution is -0.0564. The van der Waals surface area contributed by atoms with Gasteiger partial charge in [-0.2, -0.15) is 0 Å². The fourth-order valence-electron chi connectivity index (χ4n) is 6.38. The molecule has 11 nitrogen and oxygen atoms in total. The Kier molecular flexibility index (Phi) is 11.3. The van der Waals surface area contributed by atoms with Crippen LogP contribution in [0.5, 0.6) is 0 Å². The molecule has 2 heterocycles. The summed E-state index contributed by atoms with van der Waals surface area (Å²) in [6, 6.07) is 19.9. The molecule has 0 spiro atoms. The summed E-state index contributed by atoms with van der Waals surface area (Å²) < 4.78 is 20.4. The van der Waals surface area contributed by atoms with E-state index in [-0.39, 0.29) is 24.8 Å². The number of likely N-dealkylation sites (tertiary alicyclic amines) is 1. The third-order valence-corrected chi connectivity index (χ3v) is 8.82. The first-order valence-corrected chi connectivity index (χ1v) is 16.0. The number of hydrogen-bond donors (Lipinski definition) is 4. The summed E-state index contributed by atoms with van der Waals surface area (Å²) in [5.74, 6) is -0.189. The van der Waals surface area contributed by atoms with Crippen molar-refractivity contribution in [2.75, 3.05) is 33.3 Å². The number of aromatic amines is 1. The maximum Gasteiger partial charge on any atom is 0.406 e. The summed E-state index contributed by atoms with van der Waals surface area (Å²) in [7, 11) is 1.30. The lowest BCUT2D eigenvalue weighted by Gasteiger charge is -2.43. The second-order valence-electron chi connectivity index (χ2n) is 12.0. The quantitative estimate of drug-likeness (QED) is 0.156. The largest absolute Gasteiger partial charge is 0.453 e. The number of carbonyl (C=O) groups excluding carboxylic acids is 2. The van der Waals surface area contributed by atoms with Crippen LogP contribution in [0.3, 0.4) is 0 Å². The third-order valence-electron chi connectivity index (χ3n) is 8.82. The van der Waals surface area contributed by atoms with Crippen LogP contribution in [0.15, 0.2) is 66.7 Å². The molecule has 0 unspecified atom stereocenters. The highest BCUT2D eigenvalue weighted by Crippen LogP contribution is 2.44. The first-order valence-electron chi connectivity index (χ1n) is 16.0. The molecule has 248 valence electrons. The van der Waals surface area contributed by atoms with Crippen LogP contribution in [0.2, 0.25) is 0 Å². The van der Waals surface area contributed by atoms with Crippen molar-refractivity contribution < 1.29 is 23.8 Å². The number of rotatable bonds is 13. The van der Waals surface area contributed by atoms with E-state index in [1.165, 1.54) is 13.2 Å². The number of benzene rings is 3. The molecule has 1 aliphatic rings. The van der Waals surface area contributed by atoms with Gasteiger partial charge in [-0.25, -0.2) is 14.3 Å². The van der Waals surface area contributed by atoms with Crippen molar-refractivity contribution in [2.24, 2.45) is 5.92 Å². The van der Waals surface area contributed by atoms with Crippen molar-refractivity contribution in [3.8, 4) is 11.1 Å². The summed E-state index contributed by atoms with van der Waals surface area (Å²) in [4.78, 5) is 27.2. The fourth-order valence-corrected chi connectivity index (χ4v) is 6.38. The van der Waals surface area contributed by atoms with Gasteiger partial charge in [-0.1, -0.05) is 54.1 Å². The number of aromatic nitrogens is 4. The zero-order valence-corrected chi connectivity index (χ0v) is 26.8. The van der Waals surface area contributed by atoms with Crippen LogP contribution in [-0.4, -0.2) is 75.9 Å². The number of amides is 2. The number of ether oxygens (including phenoxy) is 1. The first-order chi connectivity index (χ1) is 22.8. The normalized spacial score (nSPS) is 16.0. The van der Waals surface area contributed by atoms with E-state index in [4.69, 9.17) is 4.74 Å². The van der Waals surface area contributed by atoms with Crippen LogP contribution in [0.1, 0.15) is 58.6 Å². The molecule has 4 aromatic rings. The van der Waals surface area contributed by atoms with Crippen molar-refractivity contribution >= 4 is 12.0 Å². The Morgan fingerprint density at radius 2 is 1.94 bits per heavy atom. The SMILES string of the molecule is COC(=O)NCCC[C@@](O)(c1cccc(F)c1-c1cccc(C)c1)[C@@H]1CCCN(C(=O)c2ccc(CNCCc3nnn[nH]3)cc2)C1. The minimum absolute atomic E-state index is 0.111. The van der Waals surface area contributed by atoms with Crippen molar-refractivity contribution in [3.63, 3.8) is 0 Å².